The van der Waals surface area contributed by atoms with Crippen molar-refractivity contribution in [3.8, 4) is 0 Å². The quantitative estimate of drug-likeness (QED) is 0.319. The molecule has 0 saturated heterocycles. The summed E-state index contributed by atoms with van der Waals surface area (Å²) < 4.78 is 27.1. The number of amides is 2. The van der Waals surface area contributed by atoms with Crippen LogP contribution in [0.15, 0.2) is 89.8 Å². The third-order valence-electron chi connectivity index (χ3n) is 6.61. The molecule has 208 valence electrons. The van der Waals surface area contributed by atoms with Crippen LogP contribution >= 0.6 is 0 Å². The average Bonchev–Trinajstić information content (AvgIpc) is 2.95. The van der Waals surface area contributed by atoms with E-state index in [0.29, 0.717) is 19.4 Å². The van der Waals surface area contributed by atoms with Gasteiger partial charge >= 0.3 is 0 Å². The minimum atomic E-state index is -3.65. The molecule has 39 heavy (non-hydrogen) atoms. The molecule has 7 nitrogen and oxygen atoms in total. The number of nitrogens with zero attached hydrogens (tertiary/aromatic N) is 2. The van der Waals surface area contributed by atoms with Gasteiger partial charge in [-0.25, -0.2) is 12.7 Å². The van der Waals surface area contributed by atoms with Gasteiger partial charge in [-0.05, 0) is 43.0 Å². The summed E-state index contributed by atoms with van der Waals surface area (Å²) in [6.07, 6.45) is 1.63. The molecule has 0 aliphatic rings. The molecule has 3 aromatic rings. The average molecular weight is 550 g/mol. The number of carbonyl (C=O) groups excluding carboxylic acids is 2. The molecule has 0 aromatic heterocycles. The number of hydrogen-bond donors (Lipinski definition) is 1. The third-order valence-corrected chi connectivity index (χ3v) is 8.48. The number of hydrogen-bond acceptors (Lipinski definition) is 4. The molecule has 0 spiro atoms. The summed E-state index contributed by atoms with van der Waals surface area (Å²) in [6, 6.07) is 25.2. The molecule has 0 heterocycles. The van der Waals surface area contributed by atoms with Crippen LogP contribution in [0.2, 0.25) is 0 Å². The zero-order valence-electron chi connectivity index (χ0n) is 23.0. The van der Waals surface area contributed by atoms with Crippen molar-refractivity contribution in [1.29, 1.82) is 0 Å². The molecule has 3 rings (SSSR count). The number of carbonyl (C=O) groups is 2. The van der Waals surface area contributed by atoms with Gasteiger partial charge in [0.25, 0.3) is 0 Å². The molecule has 0 aliphatic heterocycles. The van der Waals surface area contributed by atoms with Crippen molar-refractivity contribution in [3.63, 3.8) is 0 Å². The highest BCUT2D eigenvalue weighted by atomic mass is 32.2. The van der Waals surface area contributed by atoms with Crippen LogP contribution in [0.1, 0.15) is 42.9 Å². The molecule has 0 fully saturated rings. The lowest BCUT2D eigenvalue weighted by Gasteiger charge is -2.32. The van der Waals surface area contributed by atoms with E-state index in [-0.39, 0.29) is 36.2 Å². The van der Waals surface area contributed by atoms with Crippen LogP contribution in [0.5, 0.6) is 0 Å². The first-order chi connectivity index (χ1) is 18.7. The van der Waals surface area contributed by atoms with Crippen molar-refractivity contribution in [3.05, 3.63) is 102 Å². The Morgan fingerprint density at radius 2 is 1.49 bits per heavy atom. The fourth-order valence-electron chi connectivity index (χ4n) is 4.30. The van der Waals surface area contributed by atoms with Gasteiger partial charge in [0.1, 0.15) is 6.04 Å². The second kappa shape index (κ2) is 14.6. The first-order valence-corrected chi connectivity index (χ1v) is 14.8. The highest BCUT2D eigenvalue weighted by Crippen LogP contribution is 2.18. The fraction of sp³-hybridized carbons (Fsp3) is 0.355. The lowest BCUT2D eigenvalue weighted by molar-refractivity contribution is -0.141. The van der Waals surface area contributed by atoms with Crippen LogP contribution in [-0.2, 0) is 32.6 Å². The molecule has 1 N–H and O–H groups in total. The third kappa shape index (κ3) is 8.76. The smallest absolute Gasteiger partial charge is 0.243 e. The fourth-order valence-corrected chi connectivity index (χ4v) is 5.53. The Morgan fingerprint density at radius 1 is 0.872 bits per heavy atom. The van der Waals surface area contributed by atoms with Crippen molar-refractivity contribution in [1.82, 2.24) is 14.5 Å². The van der Waals surface area contributed by atoms with Gasteiger partial charge in [0.05, 0.1) is 4.90 Å². The highest BCUT2D eigenvalue weighted by Gasteiger charge is 2.30. The van der Waals surface area contributed by atoms with Crippen molar-refractivity contribution >= 4 is 21.8 Å². The standard InChI is InChI=1S/C31H39N3O4S/c1-4-21-32-31(36)29(23-26-12-7-5-8-13-26)34(24-27-19-17-25(2)18-20-27)30(35)16-11-22-33(3)39(37,38)28-14-9-6-10-15-28/h5-10,12-15,17-20,29H,4,11,16,21-24H2,1-3H3,(H,32,36). The van der Waals surface area contributed by atoms with Gasteiger partial charge in [0.15, 0.2) is 0 Å². The first-order valence-electron chi connectivity index (χ1n) is 13.4. The van der Waals surface area contributed by atoms with Crippen molar-refractivity contribution < 1.29 is 18.0 Å². The van der Waals surface area contributed by atoms with E-state index in [1.54, 1.807) is 35.2 Å². The molecule has 1 atom stereocenters. The molecule has 8 heteroatoms. The van der Waals surface area contributed by atoms with E-state index in [9.17, 15) is 18.0 Å². The SMILES string of the molecule is CCCNC(=O)C(Cc1ccccc1)N(Cc1ccc(C)cc1)C(=O)CCCN(C)S(=O)(=O)c1ccccc1. The number of rotatable bonds is 14. The second-order valence-electron chi connectivity index (χ2n) is 9.75. The maximum Gasteiger partial charge on any atom is 0.243 e. The zero-order chi connectivity index (χ0) is 28.3. The number of nitrogens with one attached hydrogen (secondary N) is 1. The molecule has 3 aromatic carbocycles. The first kappa shape index (κ1) is 30.1. The summed E-state index contributed by atoms with van der Waals surface area (Å²) in [5.74, 6) is -0.376. The Hall–Kier alpha value is -3.49. The topological polar surface area (TPSA) is 86.8 Å². The van der Waals surface area contributed by atoms with Gasteiger partial charge in [0, 0.05) is 39.5 Å². The number of sulfonamides is 1. The molecule has 2 amide bonds. The highest BCUT2D eigenvalue weighted by molar-refractivity contribution is 7.89. The van der Waals surface area contributed by atoms with Crippen molar-refractivity contribution in [2.45, 2.75) is 57.0 Å². The zero-order valence-corrected chi connectivity index (χ0v) is 23.9. The van der Waals surface area contributed by atoms with E-state index < -0.39 is 16.1 Å². The summed E-state index contributed by atoms with van der Waals surface area (Å²) in [7, 11) is -2.13. The van der Waals surface area contributed by atoms with Crippen LogP contribution in [0.25, 0.3) is 0 Å². The largest absolute Gasteiger partial charge is 0.354 e. The summed E-state index contributed by atoms with van der Waals surface area (Å²) in [5.41, 5.74) is 3.00. The van der Waals surface area contributed by atoms with Gasteiger partial charge in [-0.2, -0.15) is 0 Å². The van der Waals surface area contributed by atoms with E-state index in [4.69, 9.17) is 0 Å². The second-order valence-corrected chi connectivity index (χ2v) is 11.8. The predicted molar refractivity (Wildman–Crippen MR) is 154 cm³/mol. The Labute approximate surface area is 232 Å². The van der Waals surface area contributed by atoms with Crippen LogP contribution in [0.3, 0.4) is 0 Å². The van der Waals surface area contributed by atoms with Crippen LogP contribution in [0.4, 0.5) is 0 Å². The molecular formula is C31H39N3O4S. The van der Waals surface area contributed by atoms with Gasteiger partial charge in [0.2, 0.25) is 21.8 Å². The summed E-state index contributed by atoms with van der Waals surface area (Å²) >= 11 is 0. The van der Waals surface area contributed by atoms with E-state index in [1.165, 1.54) is 11.4 Å². The van der Waals surface area contributed by atoms with Crippen LogP contribution in [-0.4, -0.2) is 55.6 Å². The normalized spacial score (nSPS) is 12.2. The molecule has 0 aliphatic carbocycles. The minimum absolute atomic E-state index is 0.118. The van der Waals surface area contributed by atoms with E-state index in [1.807, 2.05) is 68.4 Å². The summed E-state index contributed by atoms with van der Waals surface area (Å²) in [5, 5.41) is 2.97. The van der Waals surface area contributed by atoms with Gasteiger partial charge < -0.3 is 10.2 Å². The van der Waals surface area contributed by atoms with Crippen molar-refractivity contribution in [2.24, 2.45) is 0 Å². The molecule has 1 unspecified atom stereocenters. The van der Waals surface area contributed by atoms with Gasteiger partial charge in [-0.15, -0.1) is 0 Å². The lowest BCUT2D eigenvalue weighted by Crippen LogP contribution is -2.50. The van der Waals surface area contributed by atoms with E-state index >= 15 is 0 Å². The number of benzene rings is 3. The predicted octanol–water partition coefficient (Wildman–Crippen LogP) is 4.56. The Kier molecular flexibility index (Phi) is 11.3. The Morgan fingerprint density at radius 3 is 2.10 bits per heavy atom. The van der Waals surface area contributed by atoms with Crippen molar-refractivity contribution in [2.75, 3.05) is 20.1 Å². The van der Waals surface area contributed by atoms with Crippen LogP contribution in [0, 0.1) is 6.92 Å². The molecule has 0 saturated carbocycles. The monoisotopic (exact) mass is 549 g/mol. The number of aryl methyl sites for hydroxylation is 1. The summed E-state index contributed by atoms with van der Waals surface area (Å²) in [6.45, 7) is 4.99. The summed E-state index contributed by atoms with van der Waals surface area (Å²) in [4.78, 5) is 28.9. The Balaban J connectivity index is 1.80. The molecular weight excluding hydrogens is 510 g/mol. The van der Waals surface area contributed by atoms with Gasteiger partial charge in [-0.1, -0.05) is 85.3 Å². The van der Waals surface area contributed by atoms with Crippen LogP contribution < -0.4 is 5.32 Å². The lowest BCUT2D eigenvalue weighted by atomic mass is 10.0. The van der Waals surface area contributed by atoms with Gasteiger partial charge in [-0.3, -0.25) is 9.59 Å². The van der Waals surface area contributed by atoms with E-state index in [2.05, 4.69) is 5.32 Å². The molecule has 0 radical (unpaired) electrons. The Bertz CT molecular complexity index is 1300. The minimum Gasteiger partial charge on any atom is -0.354 e. The maximum atomic E-state index is 13.7. The van der Waals surface area contributed by atoms with E-state index in [0.717, 1.165) is 23.1 Å². The molecule has 0 bridgehead atoms. The maximum absolute atomic E-state index is 13.7.